The molecule has 0 saturated heterocycles. The molecule has 34 heavy (non-hydrogen) atoms. The Morgan fingerprint density at radius 2 is 1.53 bits per heavy atom. The van der Waals surface area contributed by atoms with Gasteiger partial charge in [-0.2, -0.15) is 13.2 Å². The molecule has 2 bridgehead atoms. The SMILES string of the molecule is Cn1c(-c2ccccc2C(F)(F)F)nnc1C12CCC(C(C(N)=O)c3ccccc3)(CC1)CC2. The van der Waals surface area contributed by atoms with Gasteiger partial charge in [-0.1, -0.05) is 48.5 Å². The third-order valence-corrected chi connectivity index (χ3v) is 8.16. The maximum absolute atomic E-state index is 13.6. The van der Waals surface area contributed by atoms with Crippen LogP contribution < -0.4 is 5.73 Å². The first kappa shape index (κ1) is 22.6. The molecule has 0 spiro atoms. The molecule has 1 amide bonds. The molecule has 178 valence electrons. The van der Waals surface area contributed by atoms with Crippen molar-refractivity contribution in [3.05, 3.63) is 71.5 Å². The number of aromatic nitrogens is 3. The van der Waals surface area contributed by atoms with E-state index in [4.69, 9.17) is 5.73 Å². The molecule has 3 aromatic rings. The topological polar surface area (TPSA) is 73.8 Å². The molecule has 1 aromatic heterocycles. The van der Waals surface area contributed by atoms with Crippen LogP contribution in [0.15, 0.2) is 54.6 Å². The lowest BCUT2D eigenvalue weighted by molar-refractivity contribution is -0.137. The predicted octanol–water partition coefficient (Wildman–Crippen LogP) is 5.36. The van der Waals surface area contributed by atoms with Gasteiger partial charge < -0.3 is 10.3 Å². The number of nitrogens with two attached hydrogens (primary N) is 1. The normalized spacial score (nSPS) is 25.3. The van der Waals surface area contributed by atoms with E-state index >= 15 is 0 Å². The van der Waals surface area contributed by atoms with Gasteiger partial charge in [-0.05, 0) is 55.6 Å². The van der Waals surface area contributed by atoms with Crippen LogP contribution in [0.5, 0.6) is 0 Å². The summed E-state index contributed by atoms with van der Waals surface area (Å²) >= 11 is 0. The summed E-state index contributed by atoms with van der Waals surface area (Å²) in [6, 6.07) is 15.2. The van der Waals surface area contributed by atoms with Gasteiger partial charge in [0.25, 0.3) is 0 Å². The van der Waals surface area contributed by atoms with E-state index in [1.54, 1.807) is 17.7 Å². The lowest BCUT2D eigenvalue weighted by atomic mass is 9.49. The van der Waals surface area contributed by atoms with Crippen molar-refractivity contribution >= 4 is 5.91 Å². The van der Waals surface area contributed by atoms with Crippen LogP contribution in [0.1, 0.15) is 61.4 Å². The van der Waals surface area contributed by atoms with Crippen LogP contribution in [-0.4, -0.2) is 20.7 Å². The van der Waals surface area contributed by atoms with E-state index in [-0.39, 0.29) is 34.0 Å². The van der Waals surface area contributed by atoms with Crippen molar-refractivity contribution < 1.29 is 18.0 Å². The van der Waals surface area contributed by atoms with Gasteiger partial charge in [0.15, 0.2) is 5.82 Å². The minimum atomic E-state index is -4.47. The summed E-state index contributed by atoms with van der Waals surface area (Å²) in [7, 11) is 1.75. The van der Waals surface area contributed by atoms with Crippen LogP contribution >= 0.6 is 0 Å². The van der Waals surface area contributed by atoms with E-state index in [0.29, 0.717) is 0 Å². The van der Waals surface area contributed by atoms with Gasteiger partial charge >= 0.3 is 6.18 Å². The summed E-state index contributed by atoms with van der Waals surface area (Å²) < 4.78 is 42.5. The molecular formula is C26H27F3N4O. The molecule has 3 fully saturated rings. The number of fused-ring (bicyclic) bond motifs is 3. The molecule has 6 rings (SSSR count). The zero-order chi connectivity index (χ0) is 24.1. The van der Waals surface area contributed by atoms with Crippen molar-refractivity contribution in [2.75, 3.05) is 0 Å². The van der Waals surface area contributed by atoms with Gasteiger partial charge in [-0.3, -0.25) is 4.79 Å². The summed E-state index contributed by atoms with van der Waals surface area (Å²) in [5.74, 6) is 0.299. The maximum Gasteiger partial charge on any atom is 0.417 e. The minimum absolute atomic E-state index is 0.0338. The Bertz CT molecular complexity index is 1190. The summed E-state index contributed by atoms with van der Waals surface area (Å²) in [6.45, 7) is 0. The second kappa shape index (κ2) is 7.96. The Morgan fingerprint density at radius 1 is 0.941 bits per heavy atom. The molecule has 8 heteroatoms. The lowest BCUT2D eigenvalue weighted by Crippen LogP contribution is -2.50. The largest absolute Gasteiger partial charge is 0.417 e. The minimum Gasteiger partial charge on any atom is -0.369 e. The highest BCUT2D eigenvalue weighted by Gasteiger charge is 2.56. The van der Waals surface area contributed by atoms with Gasteiger partial charge in [-0.15, -0.1) is 10.2 Å². The highest BCUT2D eigenvalue weighted by atomic mass is 19.4. The van der Waals surface area contributed by atoms with Crippen LogP contribution in [-0.2, 0) is 23.4 Å². The van der Waals surface area contributed by atoms with E-state index in [2.05, 4.69) is 10.2 Å². The van der Waals surface area contributed by atoms with Crippen LogP contribution in [0.25, 0.3) is 11.4 Å². The monoisotopic (exact) mass is 468 g/mol. The number of hydrogen-bond donors (Lipinski definition) is 1. The smallest absolute Gasteiger partial charge is 0.369 e. The fraction of sp³-hybridized carbons (Fsp3) is 0.423. The quantitative estimate of drug-likeness (QED) is 0.548. The van der Waals surface area contributed by atoms with Crippen LogP contribution in [0.4, 0.5) is 13.2 Å². The second-order valence-corrected chi connectivity index (χ2v) is 9.84. The van der Waals surface area contributed by atoms with Gasteiger partial charge in [0, 0.05) is 18.0 Å². The number of nitrogens with zero attached hydrogens (tertiary/aromatic N) is 3. The first-order chi connectivity index (χ1) is 16.2. The van der Waals surface area contributed by atoms with E-state index in [1.165, 1.54) is 12.1 Å². The van der Waals surface area contributed by atoms with Crippen molar-refractivity contribution in [3.8, 4) is 11.4 Å². The molecule has 3 aliphatic carbocycles. The number of benzene rings is 2. The molecule has 1 unspecified atom stereocenters. The van der Waals surface area contributed by atoms with E-state index in [9.17, 15) is 18.0 Å². The fourth-order valence-electron chi connectivity index (χ4n) is 6.40. The molecule has 2 N–H and O–H groups in total. The average molecular weight is 469 g/mol. The molecule has 2 aromatic carbocycles. The third-order valence-electron chi connectivity index (χ3n) is 8.16. The van der Waals surface area contributed by atoms with Crippen LogP contribution in [0.2, 0.25) is 0 Å². The van der Waals surface area contributed by atoms with E-state index < -0.39 is 11.7 Å². The Kier molecular flexibility index (Phi) is 5.30. The highest BCUT2D eigenvalue weighted by molar-refractivity contribution is 5.83. The molecule has 3 saturated carbocycles. The van der Waals surface area contributed by atoms with Crippen molar-refractivity contribution in [1.82, 2.24) is 14.8 Å². The second-order valence-electron chi connectivity index (χ2n) is 9.84. The summed E-state index contributed by atoms with van der Waals surface area (Å²) in [6.07, 6.45) is 0.380. The van der Waals surface area contributed by atoms with Crippen molar-refractivity contribution in [2.24, 2.45) is 18.2 Å². The summed E-state index contributed by atoms with van der Waals surface area (Å²) in [5, 5.41) is 8.63. The number of halogens is 3. The number of carbonyl (C=O) groups excluding carboxylic acids is 1. The van der Waals surface area contributed by atoms with Crippen molar-refractivity contribution in [1.29, 1.82) is 0 Å². The third kappa shape index (κ3) is 3.51. The molecule has 0 aliphatic heterocycles. The molecule has 3 aliphatic rings. The van der Waals surface area contributed by atoms with Gasteiger partial charge in [-0.25, -0.2) is 0 Å². The van der Waals surface area contributed by atoms with Crippen molar-refractivity contribution in [3.63, 3.8) is 0 Å². The fourth-order valence-corrected chi connectivity index (χ4v) is 6.40. The maximum atomic E-state index is 13.6. The van der Waals surface area contributed by atoms with Crippen LogP contribution in [0.3, 0.4) is 0 Å². The summed E-state index contributed by atoms with van der Waals surface area (Å²) in [5.41, 5.74) is 5.73. The van der Waals surface area contributed by atoms with Gasteiger partial charge in [0.2, 0.25) is 5.91 Å². The molecule has 5 nitrogen and oxygen atoms in total. The number of alkyl halides is 3. The Morgan fingerprint density at radius 3 is 2.12 bits per heavy atom. The standard InChI is InChI=1S/C26H27F3N4O/c1-33-22(18-9-5-6-10-19(18)26(27,28)29)31-32-23(33)25-14-11-24(12-15-25,13-16-25)20(21(30)34)17-7-3-2-4-8-17/h2-10,20H,11-16H2,1H3,(H2,30,34). The van der Waals surface area contributed by atoms with Gasteiger partial charge in [0.1, 0.15) is 5.82 Å². The van der Waals surface area contributed by atoms with E-state index in [1.807, 2.05) is 30.3 Å². The molecule has 1 heterocycles. The number of rotatable bonds is 5. The zero-order valence-electron chi connectivity index (χ0n) is 19.0. The average Bonchev–Trinajstić information content (AvgIpc) is 3.22. The number of amides is 1. The van der Waals surface area contributed by atoms with Gasteiger partial charge in [0.05, 0.1) is 11.5 Å². The Balaban J connectivity index is 1.46. The molecule has 0 radical (unpaired) electrons. The first-order valence-electron chi connectivity index (χ1n) is 11.6. The number of hydrogen-bond acceptors (Lipinski definition) is 3. The summed E-state index contributed by atoms with van der Waals surface area (Å²) in [4.78, 5) is 12.6. The zero-order valence-corrected chi connectivity index (χ0v) is 19.0. The van der Waals surface area contributed by atoms with Crippen molar-refractivity contribution in [2.45, 2.75) is 56.0 Å². The Hall–Kier alpha value is -3.16. The lowest BCUT2D eigenvalue weighted by Gasteiger charge is -2.55. The molecule has 1 atom stereocenters. The predicted molar refractivity (Wildman–Crippen MR) is 122 cm³/mol. The number of primary amides is 1. The van der Waals surface area contributed by atoms with Crippen LogP contribution in [0, 0.1) is 5.41 Å². The number of carbonyl (C=O) groups is 1. The highest BCUT2D eigenvalue weighted by Crippen LogP contribution is 2.62. The Labute approximate surface area is 196 Å². The van der Waals surface area contributed by atoms with E-state index in [0.717, 1.165) is 56.0 Å². The first-order valence-corrected chi connectivity index (χ1v) is 11.6. The molecular weight excluding hydrogens is 441 g/mol.